The molecule has 32 heavy (non-hydrogen) atoms. The Morgan fingerprint density at radius 2 is 1.25 bits per heavy atom. The van der Waals surface area contributed by atoms with Crippen molar-refractivity contribution < 1.29 is 4.39 Å². The summed E-state index contributed by atoms with van der Waals surface area (Å²) in [6, 6.07) is 25.5. The van der Waals surface area contributed by atoms with Crippen molar-refractivity contribution in [3.8, 4) is 23.7 Å². The third kappa shape index (κ3) is 5.15. The molecule has 0 amide bonds. The van der Waals surface area contributed by atoms with Gasteiger partial charge in [0.15, 0.2) is 0 Å². The Bertz CT molecular complexity index is 1380. The molecule has 0 aliphatic carbocycles. The molecule has 0 aliphatic heterocycles. The normalized spacial score (nSPS) is 10.1. The molecule has 4 aromatic carbocycles. The molecule has 0 saturated carbocycles. The fourth-order valence-corrected chi connectivity index (χ4v) is 3.43. The van der Waals surface area contributed by atoms with Gasteiger partial charge in [-0.25, -0.2) is 4.39 Å². The van der Waals surface area contributed by atoms with Gasteiger partial charge >= 0.3 is 0 Å². The molecular weight excluding hydrogens is 391 g/mol. The second kappa shape index (κ2) is 9.82. The van der Waals surface area contributed by atoms with Crippen molar-refractivity contribution in [1.29, 1.82) is 0 Å². The Hall–Kier alpha value is -4.07. The van der Waals surface area contributed by atoms with Gasteiger partial charge in [0.2, 0.25) is 0 Å². The average Bonchev–Trinajstić information content (AvgIpc) is 2.82. The minimum Gasteiger partial charge on any atom is -0.206 e. The number of fused-ring (bicyclic) bond motifs is 1. The summed E-state index contributed by atoms with van der Waals surface area (Å²) in [4.78, 5) is 0. The third-order valence-corrected chi connectivity index (χ3v) is 5.29. The lowest BCUT2D eigenvalue weighted by molar-refractivity contribution is 0.621. The monoisotopic (exact) mass is 414 g/mol. The van der Waals surface area contributed by atoms with Gasteiger partial charge in [0.1, 0.15) is 5.82 Å². The van der Waals surface area contributed by atoms with Crippen LogP contribution in [0.2, 0.25) is 0 Å². The maximum atomic E-state index is 14.7. The van der Waals surface area contributed by atoms with E-state index in [1.54, 1.807) is 0 Å². The lowest BCUT2D eigenvalue weighted by atomic mass is 10.0. The molecule has 0 radical (unpaired) electrons. The maximum Gasteiger partial charge on any atom is 0.134 e. The van der Waals surface area contributed by atoms with Crippen molar-refractivity contribution in [2.45, 2.75) is 19.8 Å². The van der Waals surface area contributed by atoms with Crippen molar-refractivity contribution in [3.05, 3.63) is 131 Å². The molecule has 154 valence electrons. The summed E-state index contributed by atoms with van der Waals surface area (Å²) < 4.78 is 14.7. The van der Waals surface area contributed by atoms with Gasteiger partial charge in [0.25, 0.3) is 0 Å². The number of halogens is 1. The van der Waals surface area contributed by atoms with Gasteiger partial charge in [-0.05, 0) is 79.2 Å². The smallest absolute Gasteiger partial charge is 0.134 e. The molecule has 0 atom stereocenters. The topological polar surface area (TPSA) is 0 Å². The summed E-state index contributed by atoms with van der Waals surface area (Å²) in [6.07, 6.45) is 3.24. The van der Waals surface area contributed by atoms with Crippen LogP contribution >= 0.6 is 0 Å². The summed E-state index contributed by atoms with van der Waals surface area (Å²) in [5.74, 6) is 12.6. The van der Waals surface area contributed by atoms with Crippen LogP contribution in [-0.4, -0.2) is 0 Å². The molecule has 0 spiro atoms. The van der Waals surface area contributed by atoms with E-state index in [0.717, 1.165) is 39.6 Å². The quantitative estimate of drug-likeness (QED) is 0.245. The number of hydrogen-bond donors (Lipinski definition) is 0. The molecule has 0 bridgehead atoms. The highest BCUT2D eigenvalue weighted by Crippen LogP contribution is 2.23. The highest BCUT2D eigenvalue weighted by molar-refractivity contribution is 5.85. The van der Waals surface area contributed by atoms with Gasteiger partial charge < -0.3 is 0 Å². The van der Waals surface area contributed by atoms with Crippen molar-refractivity contribution in [3.63, 3.8) is 0 Å². The predicted octanol–water partition coefficient (Wildman–Crippen LogP) is 7.21. The molecule has 0 nitrogen and oxygen atoms in total. The molecular formula is C31H23F. The summed E-state index contributed by atoms with van der Waals surface area (Å²) >= 11 is 0. The molecule has 0 fully saturated rings. The summed E-state index contributed by atoms with van der Waals surface area (Å²) in [5, 5.41) is 1.49. The van der Waals surface area contributed by atoms with Crippen molar-refractivity contribution in [1.82, 2.24) is 0 Å². The first-order valence-electron chi connectivity index (χ1n) is 10.7. The SMILES string of the molecule is C=CCCc1ccc2cc(C#Cc3ccc(C#Cc4ccc(C)cc4)cc3)ccc2c1F. The first kappa shape index (κ1) is 21.2. The van der Waals surface area contributed by atoms with E-state index in [-0.39, 0.29) is 5.82 Å². The summed E-state index contributed by atoms with van der Waals surface area (Å²) in [7, 11) is 0. The molecule has 0 N–H and O–H groups in total. The zero-order chi connectivity index (χ0) is 22.3. The number of hydrogen-bond acceptors (Lipinski definition) is 0. The van der Waals surface area contributed by atoms with Crippen LogP contribution in [0.4, 0.5) is 4.39 Å². The Labute approximate surface area is 189 Å². The van der Waals surface area contributed by atoms with E-state index in [9.17, 15) is 4.39 Å². The van der Waals surface area contributed by atoms with Crippen LogP contribution in [0, 0.1) is 36.4 Å². The van der Waals surface area contributed by atoms with Gasteiger partial charge in [-0.3, -0.25) is 0 Å². The molecule has 4 aromatic rings. The average molecular weight is 415 g/mol. The van der Waals surface area contributed by atoms with Gasteiger partial charge in [-0.15, -0.1) is 6.58 Å². The van der Waals surface area contributed by atoms with Gasteiger partial charge in [-0.1, -0.05) is 65.7 Å². The molecule has 0 unspecified atom stereocenters. The van der Waals surface area contributed by atoms with E-state index >= 15 is 0 Å². The Morgan fingerprint density at radius 3 is 1.84 bits per heavy atom. The number of benzene rings is 4. The van der Waals surface area contributed by atoms with Crippen molar-refractivity contribution in [2.75, 3.05) is 0 Å². The van der Waals surface area contributed by atoms with Gasteiger partial charge in [0.05, 0.1) is 0 Å². The minimum atomic E-state index is -0.147. The van der Waals surface area contributed by atoms with E-state index in [1.165, 1.54) is 5.56 Å². The van der Waals surface area contributed by atoms with E-state index in [1.807, 2.05) is 72.8 Å². The van der Waals surface area contributed by atoms with Crippen LogP contribution in [0.25, 0.3) is 10.8 Å². The van der Waals surface area contributed by atoms with E-state index in [0.29, 0.717) is 11.8 Å². The fourth-order valence-electron chi connectivity index (χ4n) is 3.43. The van der Waals surface area contributed by atoms with E-state index in [4.69, 9.17) is 0 Å². The van der Waals surface area contributed by atoms with Crippen molar-refractivity contribution in [2.24, 2.45) is 0 Å². The molecule has 0 aliphatic rings. The molecule has 0 saturated heterocycles. The van der Waals surface area contributed by atoms with Crippen LogP contribution in [0.3, 0.4) is 0 Å². The first-order chi connectivity index (χ1) is 15.6. The molecule has 0 aromatic heterocycles. The number of rotatable bonds is 3. The first-order valence-corrected chi connectivity index (χ1v) is 10.7. The van der Waals surface area contributed by atoms with Gasteiger partial charge in [0, 0.05) is 27.6 Å². The number of allylic oxidation sites excluding steroid dienone is 1. The van der Waals surface area contributed by atoms with Crippen LogP contribution in [0.5, 0.6) is 0 Å². The lowest BCUT2D eigenvalue weighted by Gasteiger charge is -2.06. The highest BCUT2D eigenvalue weighted by Gasteiger charge is 2.07. The van der Waals surface area contributed by atoms with Crippen LogP contribution in [0.15, 0.2) is 91.5 Å². The Balaban J connectivity index is 1.50. The van der Waals surface area contributed by atoms with Crippen LogP contribution < -0.4 is 0 Å². The summed E-state index contributed by atoms with van der Waals surface area (Å²) in [5.41, 5.74) is 5.67. The molecule has 4 rings (SSSR count). The highest BCUT2D eigenvalue weighted by atomic mass is 19.1. The number of aryl methyl sites for hydroxylation is 2. The second-order valence-corrected chi connectivity index (χ2v) is 7.75. The van der Waals surface area contributed by atoms with Crippen LogP contribution in [-0.2, 0) is 6.42 Å². The Morgan fingerprint density at radius 1 is 0.719 bits per heavy atom. The van der Waals surface area contributed by atoms with E-state index in [2.05, 4.69) is 49.3 Å². The Kier molecular flexibility index (Phi) is 6.50. The van der Waals surface area contributed by atoms with Gasteiger partial charge in [-0.2, -0.15) is 0 Å². The van der Waals surface area contributed by atoms with E-state index < -0.39 is 0 Å². The third-order valence-electron chi connectivity index (χ3n) is 5.29. The largest absolute Gasteiger partial charge is 0.206 e. The lowest BCUT2D eigenvalue weighted by Crippen LogP contribution is -1.92. The molecule has 1 heteroatoms. The zero-order valence-electron chi connectivity index (χ0n) is 18.1. The maximum absolute atomic E-state index is 14.7. The van der Waals surface area contributed by atoms with Crippen molar-refractivity contribution >= 4 is 10.8 Å². The predicted molar refractivity (Wildman–Crippen MR) is 132 cm³/mol. The minimum absolute atomic E-state index is 0.147. The fraction of sp³-hybridized carbons (Fsp3) is 0.0968. The standard InChI is InChI=1S/C31H23F/c1-3-4-5-28-19-20-29-22-27(18-21-30(29)31(28)32)17-16-26-14-12-25(13-15-26)11-10-24-8-6-23(2)7-9-24/h3,6-9,12-15,18-22H,1,4-5H2,2H3. The van der Waals surface area contributed by atoms with Crippen LogP contribution in [0.1, 0.15) is 39.8 Å². The zero-order valence-corrected chi connectivity index (χ0v) is 18.1. The molecule has 0 heterocycles. The second-order valence-electron chi connectivity index (χ2n) is 7.75. The summed E-state index contributed by atoms with van der Waals surface area (Å²) in [6.45, 7) is 5.77.